The van der Waals surface area contributed by atoms with Crippen LogP contribution >= 0.6 is 0 Å². The number of anilines is 1. The lowest BCUT2D eigenvalue weighted by molar-refractivity contribution is 0.177. The van der Waals surface area contributed by atoms with Crippen LogP contribution in [-0.2, 0) is 0 Å². The molecule has 84 valence electrons. The Morgan fingerprint density at radius 3 is 3.00 bits per heavy atom. The quantitative estimate of drug-likeness (QED) is 0.728. The molecule has 2 heterocycles. The first-order valence-electron chi connectivity index (χ1n) is 5.37. The molecule has 2 aromatic rings. The molecular formula is C10H13N5O. The van der Waals surface area contributed by atoms with Crippen molar-refractivity contribution >= 4 is 16.9 Å². The van der Waals surface area contributed by atoms with Crippen molar-refractivity contribution in [2.24, 2.45) is 0 Å². The van der Waals surface area contributed by atoms with Gasteiger partial charge in [0.15, 0.2) is 5.65 Å². The van der Waals surface area contributed by atoms with Crippen LogP contribution in [0.2, 0.25) is 0 Å². The van der Waals surface area contributed by atoms with Gasteiger partial charge in [-0.15, -0.1) is 0 Å². The van der Waals surface area contributed by atoms with E-state index in [1.165, 1.54) is 6.33 Å². The highest BCUT2D eigenvalue weighted by molar-refractivity contribution is 5.84. The average molecular weight is 219 g/mol. The van der Waals surface area contributed by atoms with Crippen LogP contribution in [0.4, 0.5) is 5.82 Å². The highest BCUT2D eigenvalue weighted by atomic mass is 16.3. The summed E-state index contributed by atoms with van der Waals surface area (Å²) < 4.78 is 1.85. The summed E-state index contributed by atoms with van der Waals surface area (Å²) >= 11 is 0. The molecular weight excluding hydrogens is 206 g/mol. The van der Waals surface area contributed by atoms with Crippen LogP contribution in [-0.4, -0.2) is 31.0 Å². The van der Waals surface area contributed by atoms with Gasteiger partial charge in [0.25, 0.3) is 0 Å². The number of hydrogen-bond donors (Lipinski definition) is 2. The van der Waals surface area contributed by atoms with E-state index in [-0.39, 0.29) is 12.1 Å². The zero-order valence-electron chi connectivity index (χ0n) is 8.74. The fourth-order valence-electron chi connectivity index (χ4n) is 2.30. The van der Waals surface area contributed by atoms with E-state index in [1.54, 1.807) is 6.20 Å². The predicted octanol–water partition coefficient (Wildman–Crippen LogP) is 0.494. The van der Waals surface area contributed by atoms with E-state index < -0.39 is 0 Å². The molecule has 16 heavy (non-hydrogen) atoms. The Balaban J connectivity index is 2.08. The van der Waals surface area contributed by atoms with Crippen molar-refractivity contribution in [3.05, 3.63) is 12.5 Å². The summed E-state index contributed by atoms with van der Waals surface area (Å²) in [7, 11) is 0. The number of nitrogens with zero attached hydrogens (tertiary/aromatic N) is 4. The number of nitrogen functional groups attached to an aromatic ring is 1. The van der Waals surface area contributed by atoms with Crippen molar-refractivity contribution in [2.75, 3.05) is 5.73 Å². The zero-order chi connectivity index (χ0) is 11.1. The lowest BCUT2D eigenvalue weighted by atomic mass is 10.2. The van der Waals surface area contributed by atoms with Gasteiger partial charge in [-0.3, -0.25) is 0 Å². The number of aliphatic hydroxyl groups excluding tert-OH is 1. The van der Waals surface area contributed by atoms with Crippen molar-refractivity contribution in [3.63, 3.8) is 0 Å². The Hall–Kier alpha value is -1.69. The molecule has 1 saturated carbocycles. The number of aliphatic hydroxyl groups is 1. The molecule has 2 aromatic heterocycles. The van der Waals surface area contributed by atoms with Crippen LogP contribution < -0.4 is 5.73 Å². The standard InChI is InChI=1S/C10H13N5O/c11-9-8-4-14-15(10(8)13-5-12-9)6-1-2-7(16)3-6/h4-7,16H,1-3H2,(H2,11,12,13). The minimum Gasteiger partial charge on any atom is -0.393 e. The van der Waals surface area contributed by atoms with Crippen LogP contribution in [0.3, 0.4) is 0 Å². The maximum absolute atomic E-state index is 9.53. The molecule has 0 aromatic carbocycles. The molecule has 0 spiro atoms. The Morgan fingerprint density at radius 1 is 1.38 bits per heavy atom. The number of nitrogens with two attached hydrogens (primary N) is 1. The van der Waals surface area contributed by atoms with E-state index in [4.69, 9.17) is 5.73 Å². The van der Waals surface area contributed by atoms with Crippen LogP contribution in [0.1, 0.15) is 25.3 Å². The molecule has 6 heteroatoms. The predicted molar refractivity (Wildman–Crippen MR) is 58.6 cm³/mol. The maximum atomic E-state index is 9.53. The average Bonchev–Trinajstić information content (AvgIpc) is 2.84. The second kappa shape index (κ2) is 3.41. The fraction of sp³-hybridized carbons (Fsp3) is 0.500. The maximum Gasteiger partial charge on any atom is 0.163 e. The van der Waals surface area contributed by atoms with Crippen molar-refractivity contribution in [3.8, 4) is 0 Å². The van der Waals surface area contributed by atoms with E-state index in [0.717, 1.165) is 30.3 Å². The van der Waals surface area contributed by atoms with E-state index in [2.05, 4.69) is 15.1 Å². The van der Waals surface area contributed by atoms with E-state index in [9.17, 15) is 5.11 Å². The Bertz CT molecular complexity index is 523. The number of hydrogen-bond acceptors (Lipinski definition) is 5. The molecule has 0 bridgehead atoms. The largest absolute Gasteiger partial charge is 0.393 e. The summed E-state index contributed by atoms with van der Waals surface area (Å²) in [5.41, 5.74) is 6.50. The van der Waals surface area contributed by atoms with Crippen molar-refractivity contribution in [1.82, 2.24) is 19.7 Å². The van der Waals surface area contributed by atoms with Crippen molar-refractivity contribution in [1.29, 1.82) is 0 Å². The summed E-state index contributed by atoms with van der Waals surface area (Å²) in [5, 5.41) is 14.6. The highest BCUT2D eigenvalue weighted by Crippen LogP contribution is 2.31. The molecule has 0 radical (unpaired) electrons. The van der Waals surface area contributed by atoms with Crippen molar-refractivity contribution < 1.29 is 5.11 Å². The van der Waals surface area contributed by atoms with E-state index in [1.807, 2.05) is 4.68 Å². The number of aromatic nitrogens is 4. The summed E-state index contributed by atoms with van der Waals surface area (Å²) in [5.74, 6) is 0.454. The minimum atomic E-state index is -0.219. The topological polar surface area (TPSA) is 89.9 Å². The van der Waals surface area contributed by atoms with Gasteiger partial charge < -0.3 is 10.8 Å². The lowest BCUT2D eigenvalue weighted by Crippen LogP contribution is -2.09. The monoisotopic (exact) mass is 219 g/mol. The smallest absolute Gasteiger partial charge is 0.163 e. The molecule has 1 aliphatic carbocycles. The minimum absolute atomic E-state index is 0.219. The van der Waals surface area contributed by atoms with Crippen LogP contribution in [0.25, 0.3) is 11.0 Å². The van der Waals surface area contributed by atoms with Gasteiger partial charge in [0.05, 0.1) is 23.7 Å². The number of rotatable bonds is 1. The first-order valence-corrected chi connectivity index (χ1v) is 5.37. The normalized spacial score (nSPS) is 25.3. The Kier molecular flexibility index (Phi) is 2.03. The zero-order valence-corrected chi connectivity index (χ0v) is 8.74. The molecule has 0 amide bonds. The van der Waals surface area contributed by atoms with E-state index in [0.29, 0.717) is 5.82 Å². The summed E-state index contributed by atoms with van der Waals surface area (Å²) in [6.45, 7) is 0. The molecule has 6 nitrogen and oxygen atoms in total. The highest BCUT2D eigenvalue weighted by Gasteiger charge is 2.26. The fourth-order valence-corrected chi connectivity index (χ4v) is 2.30. The van der Waals surface area contributed by atoms with E-state index >= 15 is 0 Å². The van der Waals surface area contributed by atoms with Crippen LogP contribution in [0, 0.1) is 0 Å². The Morgan fingerprint density at radius 2 is 2.25 bits per heavy atom. The van der Waals surface area contributed by atoms with Crippen LogP contribution in [0.15, 0.2) is 12.5 Å². The molecule has 2 unspecified atom stereocenters. The first kappa shape index (κ1) is 9.53. The summed E-state index contributed by atoms with van der Waals surface area (Å²) in [4.78, 5) is 8.13. The second-order valence-corrected chi connectivity index (χ2v) is 4.21. The molecule has 2 atom stereocenters. The van der Waals surface area contributed by atoms with Gasteiger partial charge >= 0.3 is 0 Å². The molecule has 1 aliphatic rings. The SMILES string of the molecule is Nc1ncnc2c1cnn2C1CCC(O)C1. The van der Waals surface area contributed by atoms with Gasteiger partial charge in [0, 0.05) is 0 Å². The van der Waals surface area contributed by atoms with Gasteiger partial charge in [-0.1, -0.05) is 0 Å². The Labute approximate surface area is 92.1 Å². The molecule has 3 rings (SSSR count). The molecule has 0 saturated heterocycles. The van der Waals surface area contributed by atoms with Crippen molar-refractivity contribution in [2.45, 2.75) is 31.4 Å². The first-order chi connectivity index (χ1) is 7.75. The van der Waals surface area contributed by atoms with Gasteiger partial charge in [0.1, 0.15) is 12.1 Å². The van der Waals surface area contributed by atoms with Crippen LogP contribution in [0.5, 0.6) is 0 Å². The number of fused-ring (bicyclic) bond motifs is 1. The van der Waals surface area contributed by atoms with Gasteiger partial charge in [0.2, 0.25) is 0 Å². The third-order valence-corrected chi connectivity index (χ3v) is 3.15. The van der Waals surface area contributed by atoms with Gasteiger partial charge in [-0.05, 0) is 19.3 Å². The third-order valence-electron chi connectivity index (χ3n) is 3.15. The van der Waals surface area contributed by atoms with Gasteiger partial charge in [-0.2, -0.15) is 5.10 Å². The third kappa shape index (κ3) is 1.34. The second-order valence-electron chi connectivity index (χ2n) is 4.21. The summed E-state index contributed by atoms with van der Waals surface area (Å²) in [6.07, 6.45) is 5.41. The molecule has 1 fully saturated rings. The lowest BCUT2D eigenvalue weighted by Gasteiger charge is -2.10. The van der Waals surface area contributed by atoms with Gasteiger partial charge in [-0.25, -0.2) is 14.6 Å². The molecule has 0 aliphatic heterocycles. The molecule has 3 N–H and O–H groups in total. The summed E-state index contributed by atoms with van der Waals surface area (Å²) in [6, 6.07) is 0.224.